The zero-order chi connectivity index (χ0) is 32.2. The van der Waals surface area contributed by atoms with Gasteiger partial charge in [0.2, 0.25) is 0 Å². The van der Waals surface area contributed by atoms with Crippen LogP contribution < -0.4 is 0 Å². The van der Waals surface area contributed by atoms with E-state index in [1.807, 2.05) is 36.4 Å². The van der Waals surface area contributed by atoms with Crippen molar-refractivity contribution in [1.29, 1.82) is 10.5 Å². The summed E-state index contributed by atoms with van der Waals surface area (Å²) in [6.07, 6.45) is 0. The molecule has 0 saturated heterocycles. The van der Waals surface area contributed by atoms with Gasteiger partial charge < -0.3 is 9.13 Å². The van der Waals surface area contributed by atoms with Crippen molar-refractivity contribution in [3.05, 3.63) is 169 Å². The molecule has 7 aromatic carbocycles. The number of hydrogen-bond acceptors (Lipinski definition) is 2. The Labute approximate surface area is 277 Å². The van der Waals surface area contributed by atoms with E-state index in [2.05, 4.69) is 137 Å². The Morgan fingerprint density at radius 1 is 0.438 bits per heavy atom. The summed E-state index contributed by atoms with van der Waals surface area (Å²) in [5, 5.41) is 25.0. The van der Waals surface area contributed by atoms with Gasteiger partial charge in [-0.2, -0.15) is 10.5 Å². The number of rotatable bonds is 4. The molecule has 9 aromatic rings. The van der Waals surface area contributed by atoms with Gasteiger partial charge in [-0.25, -0.2) is 0 Å². The molecule has 0 unspecified atom stereocenters. The second kappa shape index (κ2) is 10.9. The number of fused-ring (bicyclic) bond motifs is 6. The summed E-state index contributed by atoms with van der Waals surface area (Å²) < 4.78 is 4.60. The Hall–Kier alpha value is -6.88. The third kappa shape index (κ3) is 4.01. The lowest BCUT2D eigenvalue weighted by Gasteiger charge is -2.16. The Balaban J connectivity index is 1.36. The quantitative estimate of drug-likeness (QED) is 0.199. The van der Waals surface area contributed by atoms with E-state index in [4.69, 9.17) is 0 Å². The SMILES string of the molecule is N#Cc1ccc(-n2c3ccccc3c3c(-c4ccc5c6ccccc6n(-c6ccccc6)c5c4)cccc32)c(-c2ccccc2)c1C#N. The summed E-state index contributed by atoms with van der Waals surface area (Å²) in [5.74, 6) is 0. The van der Waals surface area contributed by atoms with E-state index < -0.39 is 0 Å². The van der Waals surface area contributed by atoms with Crippen LogP contribution in [0.5, 0.6) is 0 Å². The van der Waals surface area contributed by atoms with Gasteiger partial charge in [0.1, 0.15) is 12.1 Å². The Bertz CT molecular complexity index is 2790. The first-order valence-electron chi connectivity index (χ1n) is 15.9. The fourth-order valence-electron chi connectivity index (χ4n) is 7.40. The predicted molar refractivity (Wildman–Crippen MR) is 195 cm³/mol. The van der Waals surface area contributed by atoms with Crippen LogP contribution in [0, 0.1) is 22.7 Å². The van der Waals surface area contributed by atoms with E-state index >= 15 is 0 Å². The maximum Gasteiger partial charge on any atom is 0.101 e. The minimum Gasteiger partial charge on any atom is -0.309 e. The van der Waals surface area contributed by atoms with Gasteiger partial charge in [0.05, 0.1) is 38.9 Å². The number of aromatic nitrogens is 2. The van der Waals surface area contributed by atoms with E-state index in [1.165, 1.54) is 16.3 Å². The molecule has 0 aliphatic carbocycles. The van der Waals surface area contributed by atoms with Crippen LogP contribution in [-0.4, -0.2) is 9.13 Å². The molecule has 0 amide bonds. The first-order chi connectivity index (χ1) is 23.8. The zero-order valence-electron chi connectivity index (χ0n) is 25.8. The first kappa shape index (κ1) is 27.4. The highest BCUT2D eigenvalue weighted by Crippen LogP contribution is 2.43. The second-order valence-electron chi connectivity index (χ2n) is 11.9. The summed E-state index contributed by atoms with van der Waals surface area (Å²) in [5.41, 5.74) is 11.0. The van der Waals surface area contributed by atoms with Crippen LogP contribution in [0.1, 0.15) is 11.1 Å². The van der Waals surface area contributed by atoms with Crippen LogP contribution in [0.2, 0.25) is 0 Å². The lowest BCUT2D eigenvalue weighted by atomic mass is 9.94. The Kier molecular flexibility index (Phi) is 6.22. The van der Waals surface area contributed by atoms with Crippen LogP contribution >= 0.6 is 0 Å². The highest BCUT2D eigenvalue weighted by molar-refractivity contribution is 6.17. The molecule has 0 spiro atoms. The van der Waals surface area contributed by atoms with Gasteiger partial charge in [-0.15, -0.1) is 0 Å². The van der Waals surface area contributed by atoms with Crippen molar-refractivity contribution in [2.45, 2.75) is 0 Å². The van der Waals surface area contributed by atoms with Crippen molar-refractivity contribution >= 4 is 43.6 Å². The average Bonchev–Trinajstić information content (AvgIpc) is 3.67. The predicted octanol–water partition coefficient (Wildman–Crippen LogP) is 11.0. The normalized spacial score (nSPS) is 11.3. The molecule has 4 nitrogen and oxygen atoms in total. The smallest absolute Gasteiger partial charge is 0.101 e. The number of hydrogen-bond donors (Lipinski definition) is 0. The molecule has 4 heteroatoms. The third-order valence-corrected chi connectivity index (χ3v) is 9.42. The largest absolute Gasteiger partial charge is 0.309 e. The number of nitriles is 2. The van der Waals surface area contributed by atoms with Crippen molar-refractivity contribution in [3.8, 4) is 45.8 Å². The van der Waals surface area contributed by atoms with E-state index in [9.17, 15) is 10.5 Å². The molecular weight excluding hydrogens is 585 g/mol. The van der Waals surface area contributed by atoms with Gasteiger partial charge >= 0.3 is 0 Å². The third-order valence-electron chi connectivity index (χ3n) is 9.42. The van der Waals surface area contributed by atoms with Gasteiger partial charge in [-0.3, -0.25) is 0 Å². The molecule has 48 heavy (non-hydrogen) atoms. The summed E-state index contributed by atoms with van der Waals surface area (Å²) >= 11 is 0. The van der Waals surface area contributed by atoms with Gasteiger partial charge in [0, 0.05) is 32.8 Å². The van der Waals surface area contributed by atoms with E-state index in [0.29, 0.717) is 11.1 Å². The molecule has 0 atom stereocenters. The molecular formula is C44H26N4. The minimum atomic E-state index is 0.365. The number of benzene rings is 7. The molecule has 0 bridgehead atoms. The molecule has 222 valence electrons. The second-order valence-corrected chi connectivity index (χ2v) is 11.9. The molecule has 0 saturated carbocycles. The van der Waals surface area contributed by atoms with Crippen molar-refractivity contribution < 1.29 is 0 Å². The lowest BCUT2D eigenvalue weighted by molar-refractivity contribution is 1.18. The van der Waals surface area contributed by atoms with Crippen LogP contribution in [0.4, 0.5) is 0 Å². The van der Waals surface area contributed by atoms with Crippen LogP contribution in [0.25, 0.3) is 77.2 Å². The van der Waals surface area contributed by atoms with Crippen molar-refractivity contribution in [2.75, 3.05) is 0 Å². The topological polar surface area (TPSA) is 57.4 Å². The van der Waals surface area contributed by atoms with Crippen LogP contribution in [-0.2, 0) is 0 Å². The van der Waals surface area contributed by atoms with Gasteiger partial charge in [0.15, 0.2) is 0 Å². The molecule has 2 aromatic heterocycles. The Morgan fingerprint density at radius 2 is 1.08 bits per heavy atom. The van der Waals surface area contributed by atoms with E-state index in [-0.39, 0.29) is 0 Å². The Morgan fingerprint density at radius 3 is 1.83 bits per heavy atom. The highest BCUT2D eigenvalue weighted by atomic mass is 15.0. The monoisotopic (exact) mass is 610 g/mol. The van der Waals surface area contributed by atoms with Crippen molar-refractivity contribution in [1.82, 2.24) is 9.13 Å². The minimum absolute atomic E-state index is 0.365. The molecule has 9 rings (SSSR count). The van der Waals surface area contributed by atoms with Crippen LogP contribution in [0.3, 0.4) is 0 Å². The molecule has 0 N–H and O–H groups in total. The summed E-state index contributed by atoms with van der Waals surface area (Å²) in [6.45, 7) is 0. The van der Waals surface area contributed by atoms with Gasteiger partial charge in [-0.05, 0) is 65.2 Å². The fourth-order valence-corrected chi connectivity index (χ4v) is 7.40. The maximum atomic E-state index is 10.4. The highest BCUT2D eigenvalue weighted by Gasteiger charge is 2.22. The van der Waals surface area contributed by atoms with Crippen molar-refractivity contribution in [3.63, 3.8) is 0 Å². The molecule has 2 heterocycles. The fraction of sp³-hybridized carbons (Fsp3) is 0. The number of nitrogens with zero attached hydrogens (tertiary/aromatic N) is 4. The standard InChI is InChI=1S/C44H26N4/c45-27-31-23-25-41(43(37(31)28-46)29-12-3-1-4-13-29)48-39-20-10-8-17-36(39)44-33(18-11-21-40(44)48)30-22-24-35-34-16-7-9-19-38(34)47(42(35)26-30)32-14-5-2-6-15-32/h1-26H. The number of para-hydroxylation sites is 3. The summed E-state index contributed by atoms with van der Waals surface area (Å²) in [6, 6.07) is 59.1. The first-order valence-corrected chi connectivity index (χ1v) is 15.9. The lowest BCUT2D eigenvalue weighted by Crippen LogP contribution is -2.01. The zero-order valence-corrected chi connectivity index (χ0v) is 25.8. The van der Waals surface area contributed by atoms with Gasteiger partial charge in [0.25, 0.3) is 0 Å². The molecule has 0 fully saturated rings. The van der Waals surface area contributed by atoms with Crippen molar-refractivity contribution in [2.24, 2.45) is 0 Å². The van der Waals surface area contributed by atoms with E-state index in [0.717, 1.165) is 61.0 Å². The summed E-state index contributed by atoms with van der Waals surface area (Å²) in [7, 11) is 0. The summed E-state index contributed by atoms with van der Waals surface area (Å²) in [4.78, 5) is 0. The van der Waals surface area contributed by atoms with Crippen LogP contribution in [0.15, 0.2) is 158 Å². The molecule has 0 aliphatic heterocycles. The average molecular weight is 611 g/mol. The maximum absolute atomic E-state index is 10.4. The molecule has 0 radical (unpaired) electrons. The van der Waals surface area contributed by atoms with E-state index in [1.54, 1.807) is 6.07 Å². The molecule has 0 aliphatic rings. The van der Waals surface area contributed by atoms with Gasteiger partial charge in [-0.1, -0.05) is 109 Å².